The third kappa shape index (κ3) is 2.10. The number of amides is 1. The maximum absolute atomic E-state index is 12.4. The van der Waals surface area contributed by atoms with Gasteiger partial charge in [-0.15, -0.1) is 0 Å². The van der Waals surface area contributed by atoms with Crippen LogP contribution in [-0.4, -0.2) is 36.2 Å². The van der Waals surface area contributed by atoms with E-state index in [1.807, 2.05) is 19.9 Å². The highest BCUT2D eigenvalue weighted by molar-refractivity contribution is 6.16. The van der Waals surface area contributed by atoms with Gasteiger partial charge in [0.1, 0.15) is 0 Å². The Morgan fingerprint density at radius 3 is 2.55 bits per heavy atom. The van der Waals surface area contributed by atoms with Gasteiger partial charge in [-0.25, -0.2) is 0 Å². The van der Waals surface area contributed by atoms with Gasteiger partial charge in [0.25, 0.3) is 0 Å². The van der Waals surface area contributed by atoms with Crippen LogP contribution < -0.4 is 4.90 Å². The number of carboxylic acid groups (broad SMARTS) is 1. The summed E-state index contributed by atoms with van der Waals surface area (Å²) >= 11 is 0. The van der Waals surface area contributed by atoms with Gasteiger partial charge in [0.15, 0.2) is 11.7 Å². The number of carbonyl (C=O) groups excluding carboxylic acids is 1. The van der Waals surface area contributed by atoms with Crippen molar-refractivity contribution in [3.63, 3.8) is 0 Å². The molecule has 2 aliphatic rings. The van der Waals surface area contributed by atoms with E-state index in [1.54, 1.807) is 19.1 Å². The van der Waals surface area contributed by atoms with Crippen LogP contribution in [0.3, 0.4) is 0 Å². The Labute approximate surface area is 128 Å². The predicted octanol–water partition coefficient (Wildman–Crippen LogP) is 1.83. The lowest BCUT2D eigenvalue weighted by atomic mass is 9.96. The molecule has 0 aromatic heterocycles. The van der Waals surface area contributed by atoms with Crippen molar-refractivity contribution in [1.82, 2.24) is 0 Å². The van der Waals surface area contributed by atoms with E-state index < -0.39 is 23.6 Å². The van der Waals surface area contributed by atoms with Gasteiger partial charge in [0.2, 0.25) is 5.91 Å². The van der Waals surface area contributed by atoms with Crippen LogP contribution in [0.2, 0.25) is 0 Å². The number of anilines is 1. The van der Waals surface area contributed by atoms with Crippen LogP contribution in [0, 0.1) is 0 Å². The monoisotopic (exact) mass is 305 g/mol. The lowest BCUT2D eigenvalue weighted by molar-refractivity contribution is -0.150. The Kier molecular flexibility index (Phi) is 3.45. The number of rotatable bonds is 3. The highest BCUT2D eigenvalue weighted by Crippen LogP contribution is 2.42. The van der Waals surface area contributed by atoms with Crippen molar-refractivity contribution in [2.45, 2.75) is 38.5 Å². The fraction of sp³-hybridized carbons (Fsp3) is 0.500. The summed E-state index contributed by atoms with van der Waals surface area (Å²) in [6, 6.07) is 5.23. The molecule has 0 saturated carbocycles. The standard InChI is InChI=1S/C16H19NO5/c1-9(2)17-12-5-4-10(16(3)21-6-7-22-16)8-11(12)13(14(17)18)15(19)20/h4-5,8-9,13H,6-7H2,1-3H3,(H,19,20). The summed E-state index contributed by atoms with van der Waals surface area (Å²) in [4.78, 5) is 25.5. The van der Waals surface area contributed by atoms with Gasteiger partial charge in [-0.3, -0.25) is 9.59 Å². The van der Waals surface area contributed by atoms with Crippen molar-refractivity contribution in [2.75, 3.05) is 18.1 Å². The molecule has 1 aromatic carbocycles. The summed E-state index contributed by atoms with van der Waals surface area (Å²) in [5.74, 6) is -3.58. The van der Waals surface area contributed by atoms with E-state index in [0.717, 1.165) is 5.56 Å². The minimum Gasteiger partial charge on any atom is -0.480 e. The molecule has 6 nitrogen and oxygen atoms in total. The third-order valence-corrected chi connectivity index (χ3v) is 4.21. The molecule has 0 bridgehead atoms. The molecule has 1 unspecified atom stereocenters. The first-order valence-corrected chi connectivity index (χ1v) is 7.33. The number of carboxylic acids is 1. The number of aliphatic carboxylic acids is 1. The molecule has 0 spiro atoms. The maximum Gasteiger partial charge on any atom is 0.320 e. The summed E-state index contributed by atoms with van der Waals surface area (Å²) in [5.41, 5.74) is 1.88. The van der Waals surface area contributed by atoms with Crippen LogP contribution in [0.4, 0.5) is 5.69 Å². The van der Waals surface area contributed by atoms with Crippen LogP contribution in [0.25, 0.3) is 0 Å². The molecule has 0 radical (unpaired) electrons. The Morgan fingerprint density at radius 1 is 1.36 bits per heavy atom. The number of benzene rings is 1. The highest BCUT2D eigenvalue weighted by atomic mass is 16.7. The number of nitrogens with zero attached hydrogens (tertiary/aromatic N) is 1. The third-order valence-electron chi connectivity index (χ3n) is 4.21. The largest absolute Gasteiger partial charge is 0.480 e. The van der Waals surface area contributed by atoms with E-state index in [9.17, 15) is 14.7 Å². The lowest BCUT2D eigenvalue weighted by Crippen LogP contribution is -2.36. The van der Waals surface area contributed by atoms with E-state index in [2.05, 4.69) is 0 Å². The van der Waals surface area contributed by atoms with Crippen LogP contribution >= 0.6 is 0 Å². The first kappa shape index (κ1) is 15.0. The molecule has 2 aliphatic heterocycles. The van der Waals surface area contributed by atoms with Crippen LogP contribution in [0.1, 0.15) is 37.8 Å². The zero-order valence-corrected chi connectivity index (χ0v) is 12.8. The minimum atomic E-state index is -1.16. The van der Waals surface area contributed by atoms with Crippen LogP contribution in [0.5, 0.6) is 0 Å². The Morgan fingerprint density at radius 2 is 2.00 bits per heavy atom. The zero-order chi connectivity index (χ0) is 16.1. The Hall–Kier alpha value is -1.92. The molecule has 6 heteroatoms. The Balaban J connectivity index is 2.10. The molecule has 1 aromatic rings. The van der Waals surface area contributed by atoms with Gasteiger partial charge in [0.05, 0.1) is 13.2 Å². The summed E-state index contributed by atoms with van der Waals surface area (Å²) in [5, 5.41) is 9.44. The molecule has 1 amide bonds. The molecular weight excluding hydrogens is 286 g/mol. The summed E-state index contributed by atoms with van der Waals surface area (Å²) in [6.45, 7) is 6.52. The van der Waals surface area contributed by atoms with Crippen LogP contribution in [-0.2, 0) is 24.8 Å². The fourth-order valence-corrected chi connectivity index (χ4v) is 3.13. The van der Waals surface area contributed by atoms with E-state index >= 15 is 0 Å². The molecule has 22 heavy (non-hydrogen) atoms. The molecule has 1 fully saturated rings. The fourth-order valence-electron chi connectivity index (χ4n) is 3.13. The molecule has 1 saturated heterocycles. The first-order valence-electron chi connectivity index (χ1n) is 7.33. The van der Waals surface area contributed by atoms with E-state index in [1.165, 1.54) is 4.90 Å². The van der Waals surface area contributed by atoms with Crippen molar-refractivity contribution < 1.29 is 24.2 Å². The molecule has 1 atom stereocenters. The normalized spacial score (nSPS) is 23.2. The second kappa shape index (κ2) is 5.07. The molecule has 0 aliphatic carbocycles. The maximum atomic E-state index is 12.4. The first-order chi connectivity index (χ1) is 10.3. The minimum absolute atomic E-state index is 0.101. The number of carbonyl (C=O) groups is 2. The van der Waals surface area contributed by atoms with Gasteiger partial charge >= 0.3 is 5.97 Å². The summed E-state index contributed by atoms with van der Waals surface area (Å²) < 4.78 is 11.2. The predicted molar refractivity (Wildman–Crippen MR) is 78.7 cm³/mol. The molecule has 3 rings (SSSR count). The van der Waals surface area contributed by atoms with E-state index in [0.29, 0.717) is 24.5 Å². The molecule has 118 valence electrons. The quantitative estimate of drug-likeness (QED) is 0.862. The second-order valence-electron chi connectivity index (χ2n) is 5.99. The van der Waals surface area contributed by atoms with Crippen molar-refractivity contribution in [3.8, 4) is 0 Å². The van der Waals surface area contributed by atoms with Crippen molar-refractivity contribution in [1.29, 1.82) is 0 Å². The van der Waals surface area contributed by atoms with Crippen molar-refractivity contribution in [3.05, 3.63) is 29.3 Å². The van der Waals surface area contributed by atoms with E-state index in [-0.39, 0.29) is 6.04 Å². The SMILES string of the molecule is CC(C)N1C(=O)C(C(=O)O)c2cc(C3(C)OCCO3)ccc21. The number of hydrogen-bond donors (Lipinski definition) is 1. The highest BCUT2D eigenvalue weighted by Gasteiger charge is 2.44. The van der Waals surface area contributed by atoms with Gasteiger partial charge in [-0.2, -0.15) is 0 Å². The average Bonchev–Trinajstić information content (AvgIpc) is 2.99. The molecule has 1 N–H and O–H groups in total. The van der Waals surface area contributed by atoms with E-state index in [4.69, 9.17) is 9.47 Å². The van der Waals surface area contributed by atoms with Gasteiger partial charge in [-0.05, 0) is 38.5 Å². The number of fused-ring (bicyclic) bond motifs is 1. The van der Waals surface area contributed by atoms with Gasteiger partial charge < -0.3 is 19.5 Å². The molecule has 2 heterocycles. The smallest absolute Gasteiger partial charge is 0.320 e. The summed E-state index contributed by atoms with van der Waals surface area (Å²) in [6.07, 6.45) is 0. The zero-order valence-electron chi connectivity index (χ0n) is 12.8. The van der Waals surface area contributed by atoms with Gasteiger partial charge in [0, 0.05) is 17.3 Å². The average molecular weight is 305 g/mol. The number of hydrogen-bond acceptors (Lipinski definition) is 4. The Bertz CT molecular complexity index is 633. The number of ether oxygens (including phenoxy) is 2. The van der Waals surface area contributed by atoms with Crippen molar-refractivity contribution >= 4 is 17.6 Å². The lowest BCUT2D eigenvalue weighted by Gasteiger charge is -2.25. The van der Waals surface area contributed by atoms with Gasteiger partial charge in [-0.1, -0.05) is 6.07 Å². The topological polar surface area (TPSA) is 76.1 Å². The second-order valence-corrected chi connectivity index (χ2v) is 5.99. The summed E-state index contributed by atoms with van der Waals surface area (Å²) in [7, 11) is 0. The van der Waals surface area contributed by atoms with Crippen molar-refractivity contribution in [2.24, 2.45) is 0 Å². The molecular formula is C16H19NO5. The van der Waals surface area contributed by atoms with Crippen LogP contribution in [0.15, 0.2) is 18.2 Å².